The molecule has 6 heteroatoms. The number of rotatable bonds is 2. The second-order valence-corrected chi connectivity index (χ2v) is 4.84. The zero-order valence-corrected chi connectivity index (χ0v) is 11.0. The van der Waals surface area contributed by atoms with Gasteiger partial charge in [0.05, 0.1) is 17.1 Å². The van der Waals surface area contributed by atoms with Crippen LogP contribution in [0.4, 0.5) is 0 Å². The van der Waals surface area contributed by atoms with Crippen molar-refractivity contribution in [1.82, 2.24) is 14.7 Å². The highest BCUT2D eigenvalue weighted by atomic mass is 35.5. The summed E-state index contributed by atoms with van der Waals surface area (Å²) in [5, 5.41) is 6.08. The first kappa shape index (κ1) is 11.6. The summed E-state index contributed by atoms with van der Waals surface area (Å²) in [4.78, 5) is 4.17. The van der Waals surface area contributed by atoms with E-state index < -0.39 is 0 Å². The molecule has 0 saturated carbocycles. The summed E-state index contributed by atoms with van der Waals surface area (Å²) >= 11 is 12.1. The first-order valence-electron chi connectivity index (χ1n) is 5.36. The Balaban J connectivity index is 2.07. The van der Waals surface area contributed by atoms with Gasteiger partial charge in [-0.3, -0.25) is 0 Å². The third-order valence-corrected chi connectivity index (χ3v) is 3.22. The van der Waals surface area contributed by atoms with Crippen LogP contribution in [0.2, 0.25) is 10.0 Å². The van der Waals surface area contributed by atoms with E-state index in [9.17, 15) is 0 Å². The Morgan fingerprint density at radius 2 is 2.17 bits per heavy atom. The first-order valence-corrected chi connectivity index (χ1v) is 6.12. The molecular weight excluding hydrogens is 273 g/mol. The van der Waals surface area contributed by atoms with Crippen molar-refractivity contribution in [2.75, 3.05) is 0 Å². The molecule has 18 heavy (non-hydrogen) atoms. The lowest BCUT2D eigenvalue weighted by atomic mass is 10.2. The van der Waals surface area contributed by atoms with Gasteiger partial charge in [0.1, 0.15) is 0 Å². The maximum atomic E-state index is 6.14. The molecule has 2 heterocycles. The molecule has 0 aliphatic carbocycles. The molecule has 2 aromatic heterocycles. The number of benzene rings is 1. The van der Waals surface area contributed by atoms with Crippen molar-refractivity contribution in [2.24, 2.45) is 0 Å². The summed E-state index contributed by atoms with van der Waals surface area (Å²) in [5.41, 5.74) is 0.954. The highest BCUT2D eigenvalue weighted by Crippen LogP contribution is 2.28. The Morgan fingerprint density at radius 1 is 1.33 bits per heavy atom. The normalized spacial score (nSPS) is 11.3. The van der Waals surface area contributed by atoms with E-state index in [2.05, 4.69) is 10.1 Å². The molecule has 1 aromatic carbocycles. The van der Waals surface area contributed by atoms with E-state index in [1.807, 2.05) is 22.9 Å². The van der Waals surface area contributed by atoms with Crippen molar-refractivity contribution in [3.63, 3.8) is 0 Å². The standard InChI is InChI=1S/C12H9Cl2N3O/c1-7-15-12(16-18-7)6-17-3-2-9-10(14)4-8(13)5-11(9)17/h2-5H,6H2,1H3. The lowest BCUT2D eigenvalue weighted by Gasteiger charge is -2.03. The molecular formula is C12H9Cl2N3O. The smallest absolute Gasteiger partial charge is 0.223 e. The van der Waals surface area contributed by atoms with E-state index in [0.29, 0.717) is 28.3 Å². The van der Waals surface area contributed by atoms with Gasteiger partial charge in [-0.25, -0.2) is 0 Å². The summed E-state index contributed by atoms with van der Waals surface area (Å²) in [7, 11) is 0. The van der Waals surface area contributed by atoms with Crippen LogP contribution in [0.25, 0.3) is 10.9 Å². The highest BCUT2D eigenvalue weighted by Gasteiger charge is 2.09. The first-order chi connectivity index (χ1) is 8.63. The van der Waals surface area contributed by atoms with Crippen LogP contribution < -0.4 is 0 Å². The molecule has 0 aliphatic heterocycles. The molecule has 0 amide bonds. The molecule has 0 aliphatic rings. The predicted molar refractivity (Wildman–Crippen MR) is 70.1 cm³/mol. The molecule has 0 bridgehead atoms. The monoisotopic (exact) mass is 281 g/mol. The molecule has 92 valence electrons. The zero-order valence-electron chi connectivity index (χ0n) is 9.52. The average Bonchev–Trinajstić information content (AvgIpc) is 2.87. The predicted octanol–water partition coefficient (Wildman–Crippen LogP) is 3.69. The Morgan fingerprint density at radius 3 is 2.89 bits per heavy atom. The number of aryl methyl sites for hydroxylation is 1. The fourth-order valence-electron chi connectivity index (χ4n) is 1.91. The molecule has 3 aromatic rings. The zero-order chi connectivity index (χ0) is 12.7. The SMILES string of the molecule is Cc1nc(Cn2ccc3c(Cl)cc(Cl)cc32)no1. The van der Waals surface area contributed by atoms with Gasteiger partial charge < -0.3 is 9.09 Å². The van der Waals surface area contributed by atoms with Gasteiger partial charge in [-0.15, -0.1) is 0 Å². The topological polar surface area (TPSA) is 43.9 Å². The largest absolute Gasteiger partial charge is 0.340 e. The average molecular weight is 282 g/mol. The van der Waals surface area contributed by atoms with Gasteiger partial charge in [0.25, 0.3) is 0 Å². The van der Waals surface area contributed by atoms with Crippen LogP contribution in [0.5, 0.6) is 0 Å². The fourth-order valence-corrected chi connectivity index (χ4v) is 2.46. The Labute approximate surface area is 113 Å². The van der Waals surface area contributed by atoms with E-state index >= 15 is 0 Å². The summed E-state index contributed by atoms with van der Waals surface area (Å²) in [5.74, 6) is 1.18. The van der Waals surface area contributed by atoms with Crippen LogP contribution in [-0.4, -0.2) is 14.7 Å². The van der Waals surface area contributed by atoms with Gasteiger partial charge in [-0.05, 0) is 18.2 Å². The number of aromatic nitrogens is 3. The van der Waals surface area contributed by atoms with Gasteiger partial charge in [0.15, 0.2) is 5.82 Å². The Hall–Kier alpha value is -1.52. The summed E-state index contributed by atoms with van der Waals surface area (Å²) in [6, 6.07) is 5.55. The Bertz CT molecular complexity index is 717. The summed E-state index contributed by atoms with van der Waals surface area (Å²) < 4.78 is 6.93. The highest BCUT2D eigenvalue weighted by molar-refractivity contribution is 6.38. The van der Waals surface area contributed by atoms with E-state index in [0.717, 1.165) is 10.9 Å². The second kappa shape index (κ2) is 4.30. The summed E-state index contributed by atoms with van der Waals surface area (Å²) in [6.07, 6.45) is 1.93. The molecule has 0 radical (unpaired) electrons. The van der Waals surface area contributed by atoms with Crippen molar-refractivity contribution in [1.29, 1.82) is 0 Å². The van der Waals surface area contributed by atoms with Gasteiger partial charge >= 0.3 is 0 Å². The maximum Gasteiger partial charge on any atom is 0.223 e. The van der Waals surface area contributed by atoms with Crippen LogP contribution in [0.1, 0.15) is 11.7 Å². The van der Waals surface area contributed by atoms with Crippen LogP contribution in [0, 0.1) is 6.92 Å². The van der Waals surface area contributed by atoms with E-state index in [4.69, 9.17) is 27.7 Å². The minimum Gasteiger partial charge on any atom is -0.340 e. The summed E-state index contributed by atoms with van der Waals surface area (Å²) in [6.45, 7) is 2.29. The van der Waals surface area contributed by atoms with Gasteiger partial charge in [-0.2, -0.15) is 4.98 Å². The number of hydrogen-bond donors (Lipinski definition) is 0. The fraction of sp³-hybridized carbons (Fsp3) is 0.167. The quantitative estimate of drug-likeness (QED) is 0.720. The van der Waals surface area contributed by atoms with Crippen molar-refractivity contribution in [3.8, 4) is 0 Å². The van der Waals surface area contributed by atoms with Crippen molar-refractivity contribution >= 4 is 34.1 Å². The number of nitrogens with zero attached hydrogens (tertiary/aromatic N) is 3. The van der Waals surface area contributed by atoms with Crippen molar-refractivity contribution in [2.45, 2.75) is 13.5 Å². The molecule has 0 unspecified atom stereocenters. The molecule has 3 rings (SSSR count). The van der Waals surface area contributed by atoms with Crippen LogP contribution >= 0.6 is 23.2 Å². The Kier molecular flexibility index (Phi) is 2.76. The minimum atomic E-state index is 0.525. The van der Waals surface area contributed by atoms with E-state index in [1.54, 1.807) is 13.0 Å². The molecule has 0 fully saturated rings. The van der Waals surface area contributed by atoms with Crippen molar-refractivity contribution < 1.29 is 4.52 Å². The third-order valence-electron chi connectivity index (χ3n) is 2.68. The van der Waals surface area contributed by atoms with Crippen LogP contribution in [0.3, 0.4) is 0 Å². The number of hydrogen-bond acceptors (Lipinski definition) is 3. The van der Waals surface area contributed by atoms with Crippen LogP contribution in [-0.2, 0) is 6.54 Å². The van der Waals surface area contributed by atoms with E-state index in [1.165, 1.54) is 0 Å². The lowest BCUT2D eigenvalue weighted by molar-refractivity contribution is 0.386. The van der Waals surface area contributed by atoms with Crippen LogP contribution in [0.15, 0.2) is 28.9 Å². The molecule has 0 N–H and O–H groups in total. The number of fused-ring (bicyclic) bond motifs is 1. The molecule has 0 atom stereocenters. The lowest BCUT2D eigenvalue weighted by Crippen LogP contribution is -1.99. The minimum absolute atomic E-state index is 0.525. The van der Waals surface area contributed by atoms with E-state index in [-0.39, 0.29) is 0 Å². The second-order valence-electron chi connectivity index (χ2n) is 3.99. The van der Waals surface area contributed by atoms with Gasteiger partial charge in [-0.1, -0.05) is 28.4 Å². The molecule has 4 nitrogen and oxygen atoms in total. The third kappa shape index (κ3) is 1.98. The molecule has 0 saturated heterocycles. The van der Waals surface area contributed by atoms with Gasteiger partial charge in [0, 0.05) is 23.5 Å². The van der Waals surface area contributed by atoms with Gasteiger partial charge in [0.2, 0.25) is 5.89 Å². The molecule has 0 spiro atoms. The van der Waals surface area contributed by atoms with Crippen molar-refractivity contribution in [3.05, 3.63) is 46.2 Å². The maximum absolute atomic E-state index is 6.14. The number of halogens is 2.